The van der Waals surface area contributed by atoms with Gasteiger partial charge in [0.05, 0.1) is 5.56 Å². The van der Waals surface area contributed by atoms with Gasteiger partial charge in [0.2, 0.25) is 0 Å². The molecule has 0 aliphatic heterocycles. The number of Topliss-reactive ketones (excluding diaryl/α,β-unsaturated/α-hetero) is 2. The number of hydrogen-bond donors (Lipinski definition) is 0. The molecule has 0 N–H and O–H groups in total. The van der Waals surface area contributed by atoms with Gasteiger partial charge in [0, 0.05) is 7.11 Å². The number of carbonyl (C=O) groups is 2. The normalized spacial score (nSPS) is 11.2. The van der Waals surface area contributed by atoms with E-state index in [1.165, 1.54) is 19.2 Å². The molecule has 1 aromatic rings. The Morgan fingerprint density at radius 3 is 2.40 bits per heavy atom. The van der Waals surface area contributed by atoms with Crippen LogP contribution in [0.15, 0.2) is 18.2 Å². The molecule has 0 atom stereocenters. The van der Waals surface area contributed by atoms with Gasteiger partial charge >= 0.3 is 6.18 Å². The van der Waals surface area contributed by atoms with Crippen LogP contribution in [0.4, 0.5) is 13.2 Å². The van der Waals surface area contributed by atoms with E-state index in [2.05, 4.69) is 4.74 Å². The SMILES string of the molecule is COCC(=O)COc1cc(C)ccc1C(=O)C(F)(F)F. The number of alkyl halides is 3. The zero-order valence-electron chi connectivity index (χ0n) is 10.9. The summed E-state index contributed by atoms with van der Waals surface area (Å²) in [6, 6.07) is 3.67. The first-order valence-electron chi connectivity index (χ1n) is 5.61. The molecule has 0 aliphatic carbocycles. The van der Waals surface area contributed by atoms with Crippen molar-refractivity contribution in [1.82, 2.24) is 0 Å². The predicted octanol–water partition coefficient (Wildman–Crippen LogP) is 2.33. The zero-order valence-corrected chi connectivity index (χ0v) is 10.9. The first kappa shape index (κ1) is 16.2. The van der Waals surface area contributed by atoms with Crippen LogP contribution >= 0.6 is 0 Å². The van der Waals surface area contributed by atoms with Gasteiger partial charge in [-0.25, -0.2) is 0 Å². The largest absolute Gasteiger partial charge is 0.485 e. The summed E-state index contributed by atoms with van der Waals surface area (Å²) in [6.07, 6.45) is -5.00. The lowest BCUT2D eigenvalue weighted by Gasteiger charge is -2.12. The molecule has 0 radical (unpaired) electrons. The number of methoxy groups -OCH3 is 1. The van der Waals surface area contributed by atoms with E-state index in [4.69, 9.17) is 4.74 Å². The Kier molecular flexibility index (Phi) is 5.26. The molecule has 0 unspecified atom stereocenters. The highest BCUT2D eigenvalue weighted by Gasteiger charge is 2.40. The second-order valence-electron chi connectivity index (χ2n) is 4.09. The van der Waals surface area contributed by atoms with Crippen LogP contribution in [0.3, 0.4) is 0 Å². The molecule has 0 heterocycles. The fourth-order valence-electron chi connectivity index (χ4n) is 1.45. The van der Waals surface area contributed by atoms with E-state index < -0.39 is 29.9 Å². The van der Waals surface area contributed by atoms with Gasteiger partial charge in [-0.1, -0.05) is 6.07 Å². The first-order chi connectivity index (χ1) is 9.25. The van der Waals surface area contributed by atoms with Gasteiger partial charge in [-0.3, -0.25) is 9.59 Å². The summed E-state index contributed by atoms with van der Waals surface area (Å²) in [5.41, 5.74) is -0.00812. The molecule has 0 aliphatic rings. The van der Waals surface area contributed by atoms with Crippen molar-refractivity contribution in [2.75, 3.05) is 20.3 Å². The van der Waals surface area contributed by atoms with Gasteiger partial charge in [0.25, 0.3) is 5.78 Å². The van der Waals surface area contributed by atoms with Gasteiger partial charge in [-0.05, 0) is 24.6 Å². The maximum Gasteiger partial charge on any atom is 0.455 e. The minimum Gasteiger partial charge on any atom is -0.485 e. The van der Waals surface area contributed by atoms with E-state index in [1.807, 2.05) is 0 Å². The molecule has 110 valence electrons. The lowest BCUT2D eigenvalue weighted by molar-refractivity contribution is -0.124. The Labute approximate surface area is 113 Å². The van der Waals surface area contributed by atoms with Crippen LogP contribution in [-0.4, -0.2) is 38.1 Å². The Morgan fingerprint density at radius 2 is 1.85 bits per heavy atom. The van der Waals surface area contributed by atoms with Crippen molar-refractivity contribution in [2.24, 2.45) is 0 Å². The van der Waals surface area contributed by atoms with Gasteiger partial charge < -0.3 is 9.47 Å². The maximum atomic E-state index is 12.4. The Balaban J connectivity index is 2.97. The average molecular weight is 290 g/mol. The summed E-state index contributed by atoms with van der Waals surface area (Å²) < 4.78 is 46.9. The highest BCUT2D eigenvalue weighted by atomic mass is 19.4. The summed E-state index contributed by atoms with van der Waals surface area (Å²) in [4.78, 5) is 22.5. The number of halogens is 3. The quantitative estimate of drug-likeness (QED) is 0.755. The molecule has 0 saturated carbocycles. The molecule has 0 aromatic heterocycles. The zero-order chi connectivity index (χ0) is 15.3. The standard InChI is InChI=1S/C13H13F3O4/c1-8-3-4-10(12(18)13(14,15)16)11(5-8)20-7-9(17)6-19-2/h3-5H,6-7H2,1-2H3. The minimum atomic E-state index is -5.00. The number of carbonyl (C=O) groups excluding carboxylic acids is 2. The smallest absolute Gasteiger partial charge is 0.455 e. The van der Waals surface area contributed by atoms with E-state index >= 15 is 0 Å². The molecule has 0 spiro atoms. The van der Waals surface area contributed by atoms with Crippen molar-refractivity contribution >= 4 is 11.6 Å². The molecule has 0 fully saturated rings. The molecule has 4 nitrogen and oxygen atoms in total. The van der Waals surface area contributed by atoms with Gasteiger partial charge in [-0.15, -0.1) is 0 Å². The van der Waals surface area contributed by atoms with Crippen LogP contribution in [0.5, 0.6) is 5.75 Å². The number of hydrogen-bond acceptors (Lipinski definition) is 4. The van der Waals surface area contributed by atoms with Crippen LogP contribution in [0.1, 0.15) is 15.9 Å². The monoisotopic (exact) mass is 290 g/mol. The lowest BCUT2D eigenvalue weighted by Crippen LogP contribution is -2.24. The van der Waals surface area contributed by atoms with Crippen molar-refractivity contribution in [3.05, 3.63) is 29.3 Å². The van der Waals surface area contributed by atoms with E-state index in [0.29, 0.717) is 5.56 Å². The second-order valence-corrected chi connectivity index (χ2v) is 4.09. The number of benzene rings is 1. The van der Waals surface area contributed by atoms with Gasteiger partial charge in [0.15, 0.2) is 5.78 Å². The highest BCUT2D eigenvalue weighted by molar-refractivity contribution is 6.02. The molecule has 0 bridgehead atoms. The first-order valence-corrected chi connectivity index (χ1v) is 5.61. The number of ketones is 2. The van der Waals surface area contributed by atoms with Crippen LogP contribution in [0, 0.1) is 6.92 Å². The number of ether oxygens (including phenoxy) is 2. The number of aryl methyl sites for hydroxylation is 1. The van der Waals surface area contributed by atoms with Crippen LogP contribution in [-0.2, 0) is 9.53 Å². The van der Waals surface area contributed by atoms with Crippen LogP contribution < -0.4 is 4.74 Å². The summed E-state index contributed by atoms with van der Waals surface area (Å²) in [5, 5.41) is 0. The highest BCUT2D eigenvalue weighted by Crippen LogP contribution is 2.28. The molecule has 0 amide bonds. The van der Waals surface area contributed by atoms with Crippen molar-refractivity contribution in [3.8, 4) is 5.75 Å². The van der Waals surface area contributed by atoms with E-state index in [-0.39, 0.29) is 12.4 Å². The Bertz CT molecular complexity index is 509. The third-order valence-corrected chi connectivity index (χ3v) is 2.33. The topological polar surface area (TPSA) is 52.6 Å². The number of rotatable bonds is 6. The summed E-state index contributed by atoms with van der Waals surface area (Å²) in [7, 11) is 1.31. The van der Waals surface area contributed by atoms with Crippen molar-refractivity contribution in [1.29, 1.82) is 0 Å². The van der Waals surface area contributed by atoms with Crippen LogP contribution in [0.2, 0.25) is 0 Å². The van der Waals surface area contributed by atoms with Crippen molar-refractivity contribution in [2.45, 2.75) is 13.1 Å². The summed E-state index contributed by atoms with van der Waals surface area (Å²) in [5.74, 6) is -2.72. The van der Waals surface area contributed by atoms with Gasteiger partial charge in [-0.2, -0.15) is 13.2 Å². The molecular weight excluding hydrogens is 277 g/mol. The second kappa shape index (κ2) is 6.51. The Morgan fingerprint density at radius 1 is 1.20 bits per heavy atom. The van der Waals surface area contributed by atoms with E-state index in [0.717, 1.165) is 6.07 Å². The molecule has 1 rings (SSSR count). The minimum absolute atomic E-state index is 0.214. The third-order valence-electron chi connectivity index (χ3n) is 2.33. The fourth-order valence-corrected chi connectivity index (χ4v) is 1.45. The molecule has 7 heteroatoms. The molecule has 20 heavy (non-hydrogen) atoms. The molecular formula is C13H13F3O4. The van der Waals surface area contributed by atoms with Crippen LogP contribution in [0.25, 0.3) is 0 Å². The summed E-state index contributed by atoms with van der Waals surface area (Å²) in [6.45, 7) is 0.954. The lowest BCUT2D eigenvalue weighted by atomic mass is 10.1. The summed E-state index contributed by atoms with van der Waals surface area (Å²) >= 11 is 0. The van der Waals surface area contributed by atoms with Crippen molar-refractivity contribution < 1.29 is 32.2 Å². The fraction of sp³-hybridized carbons (Fsp3) is 0.385. The average Bonchev–Trinajstić information content (AvgIpc) is 2.35. The molecule has 1 aromatic carbocycles. The molecule has 0 saturated heterocycles. The Hall–Kier alpha value is -1.89. The predicted molar refractivity (Wildman–Crippen MR) is 63.9 cm³/mol. The van der Waals surface area contributed by atoms with E-state index in [1.54, 1.807) is 6.92 Å². The van der Waals surface area contributed by atoms with Gasteiger partial charge in [0.1, 0.15) is 19.0 Å². The van der Waals surface area contributed by atoms with Crippen molar-refractivity contribution in [3.63, 3.8) is 0 Å². The maximum absolute atomic E-state index is 12.4. The van der Waals surface area contributed by atoms with E-state index in [9.17, 15) is 22.8 Å². The third kappa shape index (κ3) is 4.34.